The molecule has 0 saturated carbocycles. The molecule has 0 aliphatic heterocycles. The molecule has 148 valence electrons. The van der Waals surface area contributed by atoms with E-state index in [-0.39, 0.29) is 34.2 Å². The van der Waals surface area contributed by atoms with Gasteiger partial charge in [0.25, 0.3) is 0 Å². The smallest absolute Gasteiger partial charge is 0.348 e. The van der Waals surface area contributed by atoms with Crippen molar-refractivity contribution in [3.63, 3.8) is 0 Å². The van der Waals surface area contributed by atoms with Gasteiger partial charge in [0.1, 0.15) is 22.6 Å². The van der Waals surface area contributed by atoms with Crippen LogP contribution in [0.4, 0.5) is 10.7 Å². The largest absolute Gasteiger partial charge is 0.462 e. The number of hydrogen-bond acceptors (Lipinski definition) is 8. The summed E-state index contributed by atoms with van der Waals surface area (Å²) < 4.78 is 10.3. The van der Waals surface area contributed by atoms with Crippen LogP contribution < -0.4 is 10.6 Å². The number of ether oxygens (including phenoxy) is 2. The zero-order valence-corrected chi connectivity index (χ0v) is 17.0. The van der Waals surface area contributed by atoms with Gasteiger partial charge in [-0.25, -0.2) is 9.59 Å². The van der Waals surface area contributed by atoms with Gasteiger partial charge in [0, 0.05) is 24.3 Å². The third-order valence-corrected chi connectivity index (χ3v) is 5.23. The number of hydrogen-bond donors (Lipinski definition) is 1. The average Bonchev–Trinajstić information content (AvgIpc) is 3.03. The molecule has 0 radical (unpaired) electrons. The minimum atomic E-state index is -0.588. The summed E-state index contributed by atoms with van der Waals surface area (Å²) in [6.07, 6.45) is 0. The Morgan fingerprint density at radius 1 is 1.11 bits per heavy atom. The molecule has 28 heavy (non-hydrogen) atoms. The Balaban J connectivity index is 2.16. The predicted molar refractivity (Wildman–Crippen MR) is 109 cm³/mol. The zero-order chi connectivity index (χ0) is 20.7. The molecule has 0 bridgehead atoms. The minimum Gasteiger partial charge on any atom is -0.462 e. The lowest BCUT2D eigenvalue weighted by molar-refractivity contribution is 0.0452. The van der Waals surface area contributed by atoms with Crippen LogP contribution in [0.1, 0.15) is 51.9 Å². The standard InChI is InChI=1S/C20H23N3O4S/c1-4-23(5-2)14-9-7-13(8-10-14)19(24)27-12-16-15(11-21)18(22)28-17(16)20(25)26-6-3/h7-10H,4-6,12,22H2,1-3H3. The normalized spacial score (nSPS) is 10.2. The van der Waals surface area contributed by atoms with E-state index in [1.807, 2.05) is 18.2 Å². The van der Waals surface area contributed by atoms with E-state index in [0.717, 1.165) is 30.1 Å². The lowest BCUT2D eigenvalue weighted by atomic mass is 10.1. The van der Waals surface area contributed by atoms with Crippen molar-refractivity contribution in [1.82, 2.24) is 0 Å². The third-order valence-electron chi connectivity index (χ3n) is 4.19. The number of thiophene rings is 1. The van der Waals surface area contributed by atoms with E-state index in [0.29, 0.717) is 5.56 Å². The van der Waals surface area contributed by atoms with E-state index in [2.05, 4.69) is 18.7 Å². The summed E-state index contributed by atoms with van der Waals surface area (Å²) in [5, 5.41) is 9.51. The second kappa shape index (κ2) is 9.76. The van der Waals surface area contributed by atoms with Gasteiger partial charge < -0.3 is 20.1 Å². The lowest BCUT2D eigenvalue weighted by Gasteiger charge is -2.20. The number of benzene rings is 1. The first-order valence-corrected chi connectivity index (χ1v) is 9.78. The van der Waals surface area contributed by atoms with Crippen molar-refractivity contribution >= 4 is 34.0 Å². The number of nitrogen functional groups attached to an aromatic ring is 1. The highest BCUT2D eigenvalue weighted by molar-refractivity contribution is 7.18. The van der Waals surface area contributed by atoms with Crippen molar-refractivity contribution in [2.45, 2.75) is 27.4 Å². The van der Waals surface area contributed by atoms with Gasteiger partial charge in [-0.15, -0.1) is 11.3 Å². The Bertz CT molecular complexity index is 880. The summed E-state index contributed by atoms with van der Waals surface area (Å²) in [6, 6.07) is 9.05. The fourth-order valence-electron chi connectivity index (χ4n) is 2.72. The number of nitrogens with zero attached hydrogens (tertiary/aromatic N) is 2. The molecule has 0 saturated heterocycles. The quantitative estimate of drug-likeness (QED) is 0.674. The monoisotopic (exact) mass is 401 g/mol. The van der Waals surface area contributed by atoms with Crippen molar-refractivity contribution in [2.24, 2.45) is 0 Å². The maximum absolute atomic E-state index is 12.4. The second-order valence-corrected chi connectivity index (χ2v) is 6.83. The van der Waals surface area contributed by atoms with Crippen LogP contribution in [0.25, 0.3) is 0 Å². The number of anilines is 2. The molecule has 0 fully saturated rings. The molecule has 0 amide bonds. The fraction of sp³-hybridized carbons (Fsp3) is 0.350. The molecular formula is C20H23N3O4S. The Hall–Kier alpha value is -3.05. The molecule has 2 rings (SSSR count). The number of esters is 2. The van der Waals surface area contributed by atoms with Crippen LogP contribution in [-0.2, 0) is 16.1 Å². The Kier molecular flexibility index (Phi) is 7.41. The summed E-state index contributed by atoms with van der Waals surface area (Å²) in [4.78, 5) is 26.8. The third kappa shape index (κ3) is 4.61. The average molecular weight is 401 g/mol. The summed E-state index contributed by atoms with van der Waals surface area (Å²) in [6.45, 7) is 7.50. The molecule has 2 N–H and O–H groups in total. The minimum absolute atomic E-state index is 0.137. The van der Waals surface area contributed by atoms with E-state index in [1.54, 1.807) is 19.1 Å². The number of nitriles is 1. The molecule has 1 heterocycles. The van der Waals surface area contributed by atoms with E-state index in [1.165, 1.54) is 0 Å². The number of nitrogens with two attached hydrogens (primary N) is 1. The first-order chi connectivity index (χ1) is 13.5. The zero-order valence-electron chi connectivity index (χ0n) is 16.2. The van der Waals surface area contributed by atoms with Gasteiger partial charge in [-0.1, -0.05) is 0 Å². The van der Waals surface area contributed by atoms with Gasteiger partial charge in [0.2, 0.25) is 0 Å². The number of carbonyl (C=O) groups is 2. The SMILES string of the molecule is CCOC(=O)c1sc(N)c(C#N)c1COC(=O)c1ccc(N(CC)CC)cc1. The molecule has 2 aromatic rings. The molecule has 0 unspecified atom stereocenters. The van der Waals surface area contributed by atoms with Crippen molar-refractivity contribution in [1.29, 1.82) is 5.26 Å². The summed E-state index contributed by atoms with van der Waals surface area (Å²) in [5.41, 5.74) is 7.63. The van der Waals surface area contributed by atoms with Crippen LogP contribution in [0.5, 0.6) is 0 Å². The highest BCUT2D eigenvalue weighted by atomic mass is 32.1. The van der Waals surface area contributed by atoms with Crippen LogP contribution in [0.3, 0.4) is 0 Å². The van der Waals surface area contributed by atoms with Crippen molar-refractivity contribution in [2.75, 3.05) is 30.3 Å². The number of carbonyl (C=O) groups excluding carboxylic acids is 2. The molecule has 0 atom stereocenters. The number of rotatable bonds is 8. The van der Waals surface area contributed by atoms with Crippen molar-refractivity contribution in [3.8, 4) is 6.07 Å². The van der Waals surface area contributed by atoms with Crippen LogP contribution in [0.15, 0.2) is 24.3 Å². The van der Waals surface area contributed by atoms with Gasteiger partial charge in [0.15, 0.2) is 0 Å². The lowest BCUT2D eigenvalue weighted by Crippen LogP contribution is -2.21. The molecule has 8 heteroatoms. The summed E-state index contributed by atoms with van der Waals surface area (Å²) >= 11 is 0.955. The van der Waals surface area contributed by atoms with Gasteiger partial charge in [-0.3, -0.25) is 0 Å². The Morgan fingerprint density at radius 2 is 1.75 bits per heavy atom. The maximum Gasteiger partial charge on any atom is 0.348 e. The molecule has 0 aliphatic carbocycles. The molecule has 1 aromatic carbocycles. The molecular weight excluding hydrogens is 378 g/mol. The van der Waals surface area contributed by atoms with E-state index < -0.39 is 11.9 Å². The summed E-state index contributed by atoms with van der Waals surface area (Å²) in [5.74, 6) is -1.13. The predicted octanol–water partition coefficient (Wildman–Crippen LogP) is 3.58. The first kappa shape index (κ1) is 21.3. The highest BCUT2D eigenvalue weighted by Crippen LogP contribution is 2.32. The van der Waals surface area contributed by atoms with Gasteiger partial charge in [-0.05, 0) is 45.0 Å². The van der Waals surface area contributed by atoms with Crippen LogP contribution >= 0.6 is 11.3 Å². The van der Waals surface area contributed by atoms with E-state index in [4.69, 9.17) is 15.2 Å². The highest BCUT2D eigenvalue weighted by Gasteiger charge is 2.24. The molecule has 1 aromatic heterocycles. The van der Waals surface area contributed by atoms with Crippen LogP contribution in [0, 0.1) is 11.3 Å². The maximum atomic E-state index is 12.4. The molecule has 7 nitrogen and oxygen atoms in total. The topological polar surface area (TPSA) is 106 Å². The van der Waals surface area contributed by atoms with Crippen molar-refractivity contribution in [3.05, 3.63) is 45.8 Å². The Morgan fingerprint density at radius 3 is 2.29 bits per heavy atom. The van der Waals surface area contributed by atoms with Crippen molar-refractivity contribution < 1.29 is 19.1 Å². The molecule has 0 spiro atoms. The van der Waals surface area contributed by atoms with Gasteiger partial charge in [-0.2, -0.15) is 5.26 Å². The Labute approximate surface area is 168 Å². The van der Waals surface area contributed by atoms with E-state index >= 15 is 0 Å². The van der Waals surface area contributed by atoms with Crippen LogP contribution in [-0.4, -0.2) is 31.6 Å². The summed E-state index contributed by atoms with van der Waals surface area (Å²) in [7, 11) is 0. The van der Waals surface area contributed by atoms with Gasteiger partial charge >= 0.3 is 11.9 Å². The fourth-order valence-corrected chi connectivity index (χ4v) is 3.64. The van der Waals surface area contributed by atoms with Crippen LogP contribution in [0.2, 0.25) is 0 Å². The first-order valence-electron chi connectivity index (χ1n) is 8.97. The second-order valence-electron chi connectivity index (χ2n) is 5.78. The molecule has 0 aliphatic rings. The van der Waals surface area contributed by atoms with Gasteiger partial charge in [0.05, 0.1) is 17.7 Å². The van der Waals surface area contributed by atoms with E-state index in [9.17, 15) is 14.9 Å².